The molecule has 1 nitrogen and oxygen atoms in total. The summed E-state index contributed by atoms with van der Waals surface area (Å²) in [6, 6.07) is 0. The van der Waals surface area contributed by atoms with Crippen LogP contribution in [-0.4, -0.2) is 24.1 Å². The van der Waals surface area contributed by atoms with Gasteiger partial charge in [-0.1, -0.05) is 20.3 Å². The van der Waals surface area contributed by atoms with Crippen molar-refractivity contribution in [2.45, 2.75) is 51.9 Å². The van der Waals surface area contributed by atoms with E-state index >= 15 is 0 Å². The van der Waals surface area contributed by atoms with Crippen molar-refractivity contribution in [1.29, 1.82) is 0 Å². The van der Waals surface area contributed by atoms with E-state index in [0.29, 0.717) is 0 Å². The van der Waals surface area contributed by atoms with Crippen LogP contribution in [0.15, 0.2) is 0 Å². The molecule has 0 aromatic carbocycles. The van der Waals surface area contributed by atoms with E-state index in [0.717, 1.165) is 13.8 Å². The summed E-state index contributed by atoms with van der Waals surface area (Å²) in [5.41, 5.74) is -2.37. The number of rotatable bonds is 6. The van der Waals surface area contributed by atoms with Gasteiger partial charge in [-0.2, -0.15) is 26.3 Å². The highest BCUT2D eigenvalue weighted by Crippen LogP contribution is 2.46. The Kier molecular flexibility index (Phi) is 5.97. The zero-order valence-electron chi connectivity index (χ0n) is 10.3. The molecular formula is C11H18F6O. The number of halogens is 6. The lowest BCUT2D eigenvalue weighted by molar-refractivity contribution is -0.239. The molecule has 1 unspecified atom stereocenters. The average Bonchev–Trinajstić information content (AvgIpc) is 2.13. The van der Waals surface area contributed by atoms with Crippen LogP contribution in [0, 0.1) is 11.3 Å². The van der Waals surface area contributed by atoms with E-state index in [2.05, 4.69) is 0 Å². The summed E-state index contributed by atoms with van der Waals surface area (Å²) < 4.78 is 75.6. The zero-order valence-corrected chi connectivity index (χ0v) is 10.3. The molecule has 0 heterocycles. The Bertz CT molecular complexity index is 243. The van der Waals surface area contributed by atoms with Gasteiger partial charge in [0.1, 0.15) is 0 Å². The Morgan fingerprint density at radius 3 is 1.78 bits per heavy atom. The second kappa shape index (κ2) is 6.12. The van der Waals surface area contributed by atoms with Crippen LogP contribution in [0.4, 0.5) is 26.3 Å². The fourth-order valence-corrected chi connectivity index (χ4v) is 1.62. The van der Waals surface area contributed by atoms with Gasteiger partial charge in [0.2, 0.25) is 0 Å². The maximum atomic E-state index is 12.6. The second-order valence-electron chi connectivity index (χ2n) is 5.04. The van der Waals surface area contributed by atoms with Crippen molar-refractivity contribution in [3.8, 4) is 0 Å². The van der Waals surface area contributed by atoms with Gasteiger partial charge < -0.3 is 5.11 Å². The molecule has 110 valence electrons. The minimum absolute atomic E-state index is 0.0641. The molecule has 0 spiro atoms. The molecular weight excluding hydrogens is 262 g/mol. The highest BCUT2D eigenvalue weighted by molar-refractivity contribution is 4.83. The molecule has 0 aliphatic rings. The molecule has 0 aromatic heterocycles. The Morgan fingerprint density at radius 2 is 1.44 bits per heavy atom. The van der Waals surface area contributed by atoms with Crippen LogP contribution >= 0.6 is 0 Å². The fraction of sp³-hybridized carbons (Fsp3) is 1.00. The van der Waals surface area contributed by atoms with Gasteiger partial charge in [0.05, 0.1) is 11.3 Å². The van der Waals surface area contributed by atoms with Crippen molar-refractivity contribution >= 4 is 0 Å². The van der Waals surface area contributed by atoms with Gasteiger partial charge in [-0.15, -0.1) is 0 Å². The van der Waals surface area contributed by atoms with Crippen molar-refractivity contribution in [1.82, 2.24) is 0 Å². The molecule has 0 saturated heterocycles. The van der Waals surface area contributed by atoms with Crippen LogP contribution in [-0.2, 0) is 0 Å². The van der Waals surface area contributed by atoms with E-state index in [9.17, 15) is 26.3 Å². The predicted octanol–water partition coefficient (Wildman–Crippen LogP) is 4.31. The van der Waals surface area contributed by atoms with Gasteiger partial charge in [-0.25, -0.2) is 0 Å². The smallest absolute Gasteiger partial charge is 0.393 e. The molecule has 18 heavy (non-hydrogen) atoms. The molecule has 1 N–H and O–H groups in total. The van der Waals surface area contributed by atoms with Crippen LogP contribution in [0.25, 0.3) is 0 Å². The lowest BCUT2D eigenvalue weighted by Crippen LogP contribution is -2.37. The van der Waals surface area contributed by atoms with E-state index in [4.69, 9.17) is 5.11 Å². The van der Waals surface area contributed by atoms with Crippen molar-refractivity contribution in [3.05, 3.63) is 0 Å². The number of alkyl halides is 6. The Labute approximate surface area is 102 Å². The fourth-order valence-electron chi connectivity index (χ4n) is 1.62. The van der Waals surface area contributed by atoms with E-state index in [1.165, 1.54) is 0 Å². The van der Waals surface area contributed by atoms with Crippen molar-refractivity contribution in [2.75, 3.05) is 6.61 Å². The molecule has 1 atom stereocenters. The average molecular weight is 280 g/mol. The summed E-state index contributed by atoms with van der Waals surface area (Å²) in [6.07, 6.45) is -10.4. The SMILES string of the molecule is CC(C)(CC(CCCCO)C(F)(F)F)C(F)(F)F. The maximum absolute atomic E-state index is 12.6. The molecule has 0 rings (SSSR count). The van der Waals surface area contributed by atoms with Gasteiger partial charge >= 0.3 is 12.4 Å². The number of aliphatic hydroxyl groups excluding tert-OH is 1. The molecule has 0 aromatic rings. The third kappa shape index (κ3) is 5.46. The first-order valence-corrected chi connectivity index (χ1v) is 5.66. The number of hydrogen-bond donors (Lipinski definition) is 1. The first-order chi connectivity index (χ1) is 7.92. The van der Waals surface area contributed by atoms with Crippen LogP contribution < -0.4 is 0 Å². The Morgan fingerprint density at radius 1 is 0.944 bits per heavy atom. The Balaban J connectivity index is 4.70. The van der Waals surface area contributed by atoms with Gasteiger partial charge in [-0.05, 0) is 19.3 Å². The largest absolute Gasteiger partial charge is 0.396 e. The minimum atomic E-state index is -4.66. The topological polar surface area (TPSA) is 20.2 Å². The summed E-state index contributed by atoms with van der Waals surface area (Å²) in [5, 5.41) is 8.48. The van der Waals surface area contributed by atoms with Crippen LogP contribution in [0.2, 0.25) is 0 Å². The summed E-state index contributed by atoms with van der Waals surface area (Å²) in [7, 11) is 0. The first kappa shape index (κ1) is 17.5. The predicted molar refractivity (Wildman–Crippen MR) is 54.9 cm³/mol. The van der Waals surface area contributed by atoms with Crippen LogP contribution in [0.1, 0.15) is 39.5 Å². The molecule has 0 bridgehead atoms. The second-order valence-corrected chi connectivity index (χ2v) is 5.04. The lowest BCUT2D eigenvalue weighted by Gasteiger charge is -2.32. The zero-order chi connectivity index (χ0) is 14.6. The quantitative estimate of drug-likeness (QED) is 0.568. The highest BCUT2D eigenvalue weighted by Gasteiger charge is 2.52. The van der Waals surface area contributed by atoms with Gasteiger partial charge in [-0.3, -0.25) is 0 Å². The molecule has 0 fully saturated rings. The van der Waals surface area contributed by atoms with Crippen molar-refractivity contribution in [3.63, 3.8) is 0 Å². The highest BCUT2D eigenvalue weighted by atomic mass is 19.4. The standard InChI is InChI=1S/C11H18F6O/c1-9(2,11(15,16)17)7-8(10(12,13)14)5-3-4-6-18/h8,18H,3-7H2,1-2H3. The number of aliphatic hydroxyl groups is 1. The molecule has 0 aliphatic heterocycles. The Hall–Kier alpha value is -0.460. The van der Waals surface area contributed by atoms with E-state index in [1.54, 1.807) is 0 Å². The van der Waals surface area contributed by atoms with Crippen LogP contribution in [0.5, 0.6) is 0 Å². The van der Waals surface area contributed by atoms with E-state index < -0.39 is 30.1 Å². The first-order valence-electron chi connectivity index (χ1n) is 5.66. The minimum Gasteiger partial charge on any atom is -0.396 e. The molecule has 0 radical (unpaired) electrons. The maximum Gasteiger partial charge on any atom is 0.393 e. The molecule has 0 amide bonds. The number of hydrogen-bond acceptors (Lipinski definition) is 1. The summed E-state index contributed by atoms with van der Waals surface area (Å²) in [4.78, 5) is 0. The summed E-state index contributed by atoms with van der Waals surface area (Å²) in [6.45, 7) is 1.29. The molecule has 0 saturated carbocycles. The van der Waals surface area contributed by atoms with Crippen molar-refractivity contribution in [2.24, 2.45) is 11.3 Å². The van der Waals surface area contributed by atoms with E-state index in [-0.39, 0.29) is 25.9 Å². The monoisotopic (exact) mass is 280 g/mol. The van der Waals surface area contributed by atoms with Crippen molar-refractivity contribution < 1.29 is 31.4 Å². The third-order valence-electron chi connectivity index (χ3n) is 2.95. The van der Waals surface area contributed by atoms with Crippen LogP contribution in [0.3, 0.4) is 0 Å². The van der Waals surface area contributed by atoms with E-state index in [1.807, 2.05) is 0 Å². The van der Waals surface area contributed by atoms with Gasteiger partial charge in [0, 0.05) is 6.61 Å². The molecule has 7 heteroatoms. The third-order valence-corrected chi connectivity index (χ3v) is 2.95. The number of unbranched alkanes of at least 4 members (excludes halogenated alkanes) is 1. The van der Waals surface area contributed by atoms with Gasteiger partial charge in [0.25, 0.3) is 0 Å². The summed E-state index contributed by atoms with van der Waals surface area (Å²) in [5.74, 6) is -1.99. The van der Waals surface area contributed by atoms with Gasteiger partial charge in [0.15, 0.2) is 0 Å². The normalized spacial score (nSPS) is 15.8. The summed E-state index contributed by atoms with van der Waals surface area (Å²) >= 11 is 0. The molecule has 0 aliphatic carbocycles. The lowest BCUT2D eigenvalue weighted by atomic mass is 9.80.